The van der Waals surface area contributed by atoms with Crippen molar-refractivity contribution in [1.29, 1.82) is 0 Å². The Morgan fingerprint density at radius 2 is 2.13 bits per heavy atom. The number of hydrogen-bond acceptors (Lipinski definition) is 3. The molecule has 1 aliphatic rings. The average molecular weight is 316 g/mol. The van der Waals surface area contributed by atoms with E-state index < -0.39 is 0 Å². The monoisotopic (exact) mass is 316 g/mol. The maximum Gasteiger partial charge on any atom is 0.270 e. The van der Waals surface area contributed by atoms with Crippen LogP contribution in [-0.2, 0) is 11.3 Å². The highest BCUT2D eigenvalue weighted by Gasteiger charge is 2.33. The molecular weight excluding hydrogens is 292 g/mol. The molecule has 5 nitrogen and oxygen atoms in total. The minimum atomic E-state index is 0.0418. The first kappa shape index (κ1) is 16.0. The first-order chi connectivity index (χ1) is 11.2. The zero-order valence-electron chi connectivity index (χ0n) is 13.7. The van der Waals surface area contributed by atoms with Gasteiger partial charge in [0.25, 0.3) is 5.91 Å². The van der Waals surface area contributed by atoms with Crippen molar-refractivity contribution < 1.29 is 14.6 Å². The van der Waals surface area contributed by atoms with Gasteiger partial charge in [0, 0.05) is 50.2 Å². The molecule has 1 aromatic carbocycles. The molecule has 0 bridgehead atoms. The van der Waals surface area contributed by atoms with Crippen LogP contribution in [0.2, 0.25) is 0 Å². The lowest BCUT2D eigenvalue weighted by molar-refractivity contribution is 0.0768. The van der Waals surface area contributed by atoms with Crippen LogP contribution < -0.4 is 0 Å². The van der Waals surface area contributed by atoms with E-state index in [0.717, 1.165) is 10.9 Å². The molecule has 2 heterocycles. The number of benzene rings is 1. The first-order valence-electron chi connectivity index (χ1n) is 8.13. The summed E-state index contributed by atoms with van der Waals surface area (Å²) in [5.74, 6) is 0.552. The summed E-state index contributed by atoms with van der Waals surface area (Å²) in [5, 5.41) is 10.5. The number of likely N-dealkylation sites (tertiary alicyclic amines) is 1. The molecule has 5 heteroatoms. The third kappa shape index (κ3) is 2.99. The van der Waals surface area contributed by atoms with Gasteiger partial charge in [-0.15, -0.1) is 0 Å². The predicted molar refractivity (Wildman–Crippen MR) is 89.5 cm³/mol. The molecule has 1 aromatic heterocycles. The summed E-state index contributed by atoms with van der Waals surface area (Å²) in [6.45, 7) is 4.77. The van der Waals surface area contributed by atoms with Gasteiger partial charge in [-0.3, -0.25) is 4.79 Å². The fourth-order valence-corrected chi connectivity index (χ4v) is 3.41. The average Bonchev–Trinajstić information content (AvgIpc) is 3.12. The van der Waals surface area contributed by atoms with Crippen molar-refractivity contribution in [2.45, 2.75) is 13.5 Å². The van der Waals surface area contributed by atoms with Crippen LogP contribution in [0.3, 0.4) is 0 Å². The Labute approximate surface area is 136 Å². The van der Waals surface area contributed by atoms with Crippen LogP contribution in [0.5, 0.6) is 0 Å². The fraction of sp³-hybridized carbons (Fsp3) is 0.500. The third-order valence-corrected chi connectivity index (χ3v) is 4.84. The van der Waals surface area contributed by atoms with Gasteiger partial charge in [-0.05, 0) is 18.1 Å². The predicted octanol–water partition coefficient (Wildman–Crippen LogP) is 1.99. The SMILES string of the molecule is COCCn1c(C(=O)N2C[C@@H](CO)[C@H](C)C2)cc2ccccc21. The number of carbonyl (C=O) groups is 1. The lowest BCUT2D eigenvalue weighted by Crippen LogP contribution is -2.31. The number of hydrogen-bond donors (Lipinski definition) is 1. The quantitative estimate of drug-likeness (QED) is 0.918. The Bertz CT molecular complexity index is 695. The van der Waals surface area contributed by atoms with Gasteiger partial charge < -0.3 is 19.3 Å². The van der Waals surface area contributed by atoms with E-state index in [2.05, 4.69) is 6.92 Å². The largest absolute Gasteiger partial charge is 0.396 e. The van der Waals surface area contributed by atoms with E-state index in [9.17, 15) is 9.90 Å². The second kappa shape index (κ2) is 6.72. The van der Waals surface area contributed by atoms with Crippen molar-refractivity contribution in [3.05, 3.63) is 36.0 Å². The lowest BCUT2D eigenvalue weighted by Gasteiger charge is -2.18. The molecule has 0 spiro atoms. The molecule has 0 unspecified atom stereocenters. The molecule has 0 aliphatic carbocycles. The summed E-state index contributed by atoms with van der Waals surface area (Å²) in [7, 11) is 1.67. The molecule has 1 N–H and O–H groups in total. The Balaban J connectivity index is 1.93. The number of aromatic nitrogens is 1. The molecule has 1 aliphatic heterocycles. The molecule has 3 rings (SSSR count). The van der Waals surface area contributed by atoms with Gasteiger partial charge in [-0.1, -0.05) is 25.1 Å². The van der Waals surface area contributed by atoms with Crippen LogP contribution in [0.1, 0.15) is 17.4 Å². The van der Waals surface area contributed by atoms with E-state index >= 15 is 0 Å². The smallest absolute Gasteiger partial charge is 0.270 e. The molecule has 1 saturated heterocycles. The molecular formula is C18H24N2O3. The summed E-state index contributed by atoms with van der Waals surface area (Å²) in [5.41, 5.74) is 1.76. The molecule has 0 radical (unpaired) electrons. The summed E-state index contributed by atoms with van der Waals surface area (Å²) in [6.07, 6.45) is 0. The normalized spacial score (nSPS) is 21.3. The lowest BCUT2D eigenvalue weighted by atomic mass is 10.00. The number of methoxy groups -OCH3 is 1. The van der Waals surface area contributed by atoms with Gasteiger partial charge in [0.05, 0.1) is 6.61 Å². The van der Waals surface area contributed by atoms with Gasteiger partial charge in [0.15, 0.2) is 0 Å². The van der Waals surface area contributed by atoms with Crippen LogP contribution in [0, 0.1) is 11.8 Å². The summed E-state index contributed by atoms with van der Waals surface area (Å²) in [6, 6.07) is 9.99. The first-order valence-corrected chi connectivity index (χ1v) is 8.13. The van der Waals surface area contributed by atoms with E-state index in [0.29, 0.717) is 37.9 Å². The zero-order valence-corrected chi connectivity index (χ0v) is 13.7. The van der Waals surface area contributed by atoms with E-state index in [1.54, 1.807) is 7.11 Å². The molecule has 2 aromatic rings. The fourth-order valence-electron chi connectivity index (χ4n) is 3.41. The maximum atomic E-state index is 13.0. The number of ether oxygens (including phenoxy) is 1. The van der Waals surface area contributed by atoms with E-state index in [-0.39, 0.29) is 18.4 Å². The number of rotatable bonds is 5. The summed E-state index contributed by atoms with van der Waals surface area (Å²) in [4.78, 5) is 14.9. The second-order valence-corrected chi connectivity index (χ2v) is 6.36. The van der Waals surface area contributed by atoms with Crippen molar-refractivity contribution in [3.63, 3.8) is 0 Å². The highest BCUT2D eigenvalue weighted by molar-refractivity contribution is 5.99. The van der Waals surface area contributed by atoms with Crippen molar-refractivity contribution in [2.75, 3.05) is 33.4 Å². The molecule has 2 atom stereocenters. The van der Waals surface area contributed by atoms with E-state index in [4.69, 9.17) is 4.74 Å². The van der Waals surface area contributed by atoms with Crippen molar-refractivity contribution in [1.82, 2.24) is 9.47 Å². The highest BCUT2D eigenvalue weighted by Crippen LogP contribution is 2.26. The number of nitrogens with zero attached hydrogens (tertiary/aromatic N) is 2. The van der Waals surface area contributed by atoms with Gasteiger partial charge in [-0.2, -0.15) is 0 Å². The summed E-state index contributed by atoms with van der Waals surface area (Å²) < 4.78 is 7.24. The number of aliphatic hydroxyl groups is 1. The van der Waals surface area contributed by atoms with Crippen LogP contribution in [-0.4, -0.2) is 53.9 Å². The number of fused-ring (bicyclic) bond motifs is 1. The Kier molecular flexibility index (Phi) is 4.68. The van der Waals surface area contributed by atoms with Crippen LogP contribution in [0.25, 0.3) is 10.9 Å². The van der Waals surface area contributed by atoms with Crippen molar-refractivity contribution >= 4 is 16.8 Å². The third-order valence-electron chi connectivity index (χ3n) is 4.84. The van der Waals surface area contributed by atoms with Gasteiger partial charge in [0.2, 0.25) is 0 Å². The second-order valence-electron chi connectivity index (χ2n) is 6.36. The number of amides is 1. The topological polar surface area (TPSA) is 54.7 Å². The minimum absolute atomic E-state index is 0.0418. The molecule has 23 heavy (non-hydrogen) atoms. The number of aliphatic hydroxyl groups excluding tert-OH is 1. The van der Waals surface area contributed by atoms with Gasteiger partial charge >= 0.3 is 0 Å². The Morgan fingerprint density at radius 3 is 2.83 bits per heavy atom. The number of carbonyl (C=O) groups excluding carboxylic acids is 1. The van der Waals surface area contributed by atoms with Crippen LogP contribution in [0.4, 0.5) is 0 Å². The molecule has 1 fully saturated rings. The zero-order chi connectivity index (χ0) is 16.4. The number of para-hydroxylation sites is 1. The van der Waals surface area contributed by atoms with E-state index in [1.807, 2.05) is 39.8 Å². The highest BCUT2D eigenvalue weighted by atomic mass is 16.5. The molecule has 124 valence electrons. The van der Waals surface area contributed by atoms with Crippen LogP contribution >= 0.6 is 0 Å². The van der Waals surface area contributed by atoms with Crippen molar-refractivity contribution in [2.24, 2.45) is 11.8 Å². The van der Waals surface area contributed by atoms with Gasteiger partial charge in [-0.25, -0.2) is 0 Å². The van der Waals surface area contributed by atoms with Crippen LogP contribution in [0.15, 0.2) is 30.3 Å². The maximum absolute atomic E-state index is 13.0. The molecule has 0 saturated carbocycles. The Hall–Kier alpha value is -1.85. The standard InChI is InChI=1S/C18H24N2O3/c1-13-10-19(11-15(13)12-21)18(22)17-9-14-5-3-4-6-16(14)20(17)7-8-23-2/h3-6,9,13,15,21H,7-8,10-12H2,1-2H3/t13-,15+/m1/s1. The van der Waals surface area contributed by atoms with E-state index in [1.165, 1.54) is 0 Å². The Morgan fingerprint density at radius 1 is 1.35 bits per heavy atom. The molecule has 1 amide bonds. The van der Waals surface area contributed by atoms with Gasteiger partial charge in [0.1, 0.15) is 5.69 Å². The van der Waals surface area contributed by atoms with Crippen molar-refractivity contribution in [3.8, 4) is 0 Å². The summed E-state index contributed by atoms with van der Waals surface area (Å²) >= 11 is 0. The minimum Gasteiger partial charge on any atom is -0.396 e.